The lowest BCUT2D eigenvalue weighted by atomic mass is 9.74. The fraction of sp³-hybridized carbons (Fsp3) is 0.333. The molecule has 2 unspecified atom stereocenters. The van der Waals surface area contributed by atoms with Crippen molar-refractivity contribution in [2.45, 2.75) is 78.6 Å². The Kier molecular flexibility index (Phi) is 13.0. The van der Waals surface area contributed by atoms with E-state index in [1.54, 1.807) is 0 Å². The van der Waals surface area contributed by atoms with Gasteiger partial charge in [0, 0.05) is 25.2 Å². The van der Waals surface area contributed by atoms with Gasteiger partial charge in [0.25, 0.3) is 0 Å². The van der Waals surface area contributed by atoms with Crippen molar-refractivity contribution < 1.29 is 38.1 Å². The lowest BCUT2D eigenvalue weighted by Gasteiger charge is -2.34. The van der Waals surface area contributed by atoms with Crippen LogP contribution in [0.3, 0.4) is 0 Å². The monoisotopic (exact) mass is 706 g/mol. The molecule has 0 bridgehead atoms. The van der Waals surface area contributed by atoms with E-state index in [0.29, 0.717) is 48.7 Å². The summed E-state index contributed by atoms with van der Waals surface area (Å²) in [4.78, 5) is 56.0. The Morgan fingerprint density at radius 1 is 0.538 bits per heavy atom. The summed E-state index contributed by atoms with van der Waals surface area (Å²) in [7, 11) is 0. The number of carbonyl (C=O) groups excluding carboxylic acids is 4. The van der Waals surface area contributed by atoms with Crippen LogP contribution < -0.4 is 9.47 Å². The van der Waals surface area contributed by atoms with Crippen molar-refractivity contribution >= 4 is 24.1 Å². The molecular formula is C42H46N2O8. The molecule has 0 saturated heterocycles. The SMILES string of the molecule is CC[C@@H](C)N(Cc1ccc(Oc2ccccc2)cc1)C(=O)OC(=O)C1CCC1C(=O)OC(=O)N(Cc1ccc(Oc2ccccc2)cc1)[C@H](C)CC. The molecule has 52 heavy (non-hydrogen) atoms. The number of carbonyl (C=O) groups is 4. The zero-order chi connectivity index (χ0) is 37.0. The third-order valence-corrected chi connectivity index (χ3v) is 9.48. The van der Waals surface area contributed by atoms with Crippen molar-refractivity contribution in [1.29, 1.82) is 0 Å². The van der Waals surface area contributed by atoms with Crippen molar-refractivity contribution in [2.24, 2.45) is 11.8 Å². The lowest BCUT2D eigenvalue weighted by Crippen LogP contribution is -2.46. The van der Waals surface area contributed by atoms with Gasteiger partial charge in [0.2, 0.25) is 0 Å². The van der Waals surface area contributed by atoms with Crippen molar-refractivity contribution in [2.75, 3.05) is 0 Å². The average molecular weight is 707 g/mol. The molecule has 1 saturated carbocycles. The van der Waals surface area contributed by atoms with Crippen LogP contribution in [0.15, 0.2) is 109 Å². The summed E-state index contributed by atoms with van der Waals surface area (Å²) in [6.07, 6.45) is 0.385. The van der Waals surface area contributed by atoms with E-state index in [2.05, 4.69) is 0 Å². The summed E-state index contributed by atoms with van der Waals surface area (Å²) in [5.41, 5.74) is 1.66. The fourth-order valence-electron chi connectivity index (χ4n) is 5.71. The van der Waals surface area contributed by atoms with Gasteiger partial charge in [-0.25, -0.2) is 9.59 Å². The van der Waals surface area contributed by atoms with Gasteiger partial charge in [0.05, 0.1) is 11.8 Å². The molecule has 0 aromatic heterocycles. The number of rotatable bonds is 14. The van der Waals surface area contributed by atoms with Gasteiger partial charge < -0.3 is 28.7 Å². The van der Waals surface area contributed by atoms with E-state index < -0.39 is 36.0 Å². The predicted molar refractivity (Wildman–Crippen MR) is 196 cm³/mol. The van der Waals surface area contributed by atoms with Crippen molar-refractivity contribution in [3.05, 3.63) is 120 Å². The van der Waals surface area contributed by atoms with Crippen molar-refractivity contribution in [3.63, 3.8) is 0 Å². The van der Waals surface area contributed by atoms with Crippen LogP contribution in [-0.4, -0.2) is 46.0 Å². The molecule has 1 aliphatic carbocycles. The number of amides is 2. The Hall–Kier alpha value is -5.64. The van der Waals surface area contributed by atoms with Crippen LogP contribution in [0, 0.1) is 11.8 Å². The van der Waals surface area contributed by atoms with Gasteiger partial charge in [0.1, 0.15) is 23.0 Å². The fourth-order valence-corrected chi connectivity index (χ4v) is 5.71. The van der Waals surface area contributed by atoms with Gasteiger partial charge >= 0.3 is 24.1 Å². The molecular weight excluding hydrogens is 660 g/mol. The van der Waals surface area contributed by atoms with Gasteiger partial charge in [-0.3, -0.25) is 9.59 Å². The lowest BCUT2D eigenvalue weighted by molar-refractivity contribution is -0.161. The summed E-state index contributed by atoms with van der Waals surface area (Å²) in [5, 5.41) is 0. The highest BCUT2D eigenvalue weighted by atomic mass is 16.6. The Labute approximate surface area is 305 Å². The van der Waals surface area contributed by atoms with Crippen LogP contribution in [0.1, 0.15) is 64.5 Å². The number of hydrogen-bond acceptors (Lipinski definition) is 8. The molecule has 4 aromatic rings. The van der Waals surface area contributed by atoms with Gasteiger partial charge in [-0.1, -0.05) is 74.5 Å². The highest BCUT2D eigenvalue weighted by Gasteiger charge is 2.45. The van der Waals surface area contributed by atoms with Crippen LogP contribution in [0.25, 0.3) is 0 Å². The summed E-state index contributed by atoms with van der Waals surface area (Å²) in [6, 6.07) is 33.1. The maximum absolute atomic E-state index is 13.3. The highest BCUT2D eigenvalue weighted by Crippen LogP contribution is 2.37. The smallest absolute Gasteiger partial charge is 0.418 e. The number of nitrogens with zero attached hydrogens (tertiary/aromatic N) is 2. The first kappa shape index (κ1) is 37.6. The minimum atomic E-state index is -0.883. The van der Waals surface area contributed by atoms with Gasteiger partial charge in [-0.05, 0) is 99.2 Å². The van der Waals surface area contributed by atoms with Gasteiger partial charge in [-0.2, -0.15) is 0 Å². The first-order chi connectivity index (χ1) is 25.1. The molecule has 5 rings (SSSR count). The summed E-state index contributed by atoms with van der Waals surface area (Å²) in [6.45, 7) is 8.07. The molecule has 1 fully saturated rings. The largest absolute Gasteiger partial charge is 0.457 e. The quantitative estimate of drug-likeness (QED) is 0.0942. The minimum Gasteiger partial charge on any atom is -0.457 e. The number of para-hydroxylation sites is 2. The Morgan fingerprint density at radius 3 is 1.17 bits per heavy atom. The topological polar surface area (TPSA) is 112 Å². The summed E-state index contributed by atoms with van der Waals surface area (Å²) in [5.74, 6) is -0.641. The third-order valence-electron chi connectivity index (χ3n) is 9.48. The summed E-state index contributed by atoms with van der Waals surface area (Å²) < 4.78 is 22.4. The zero-order valence-electron chi connectivity index (χ0n) is 30.1. The second kappa shape index (κ2) is 18.0. The van der Waals surface area contributed by atoms with Gasteiger partial charge in [0.15, 0.2) is 0 Å². The number of benzene rings is 4. The standard InChI is InChI=1S/C42H46N2O8/c1-5-29(3)43(27-31-17-21-35(22-18-31)49-33-13-9-7-10-14-33)41(47)51-39(45)37-25-26-38(37)40(46)52-42(48)44(30(4)6-2)28-32-19-23-36(24-20-32)50-34-15-11-8-12-16-34/h7-24,29-30,37-38H,5-6,25-28H2,1-4H3/t29-,30-,37?,38?/m1/s1. The predicted octanol–water partition coefficient (Wildman–Crippen LogP) is 9.52. The van der Waals surface area contributed by atoms with Crippen molar-refractivity contribution in [1.82, 2.24) is 9.80 Å². The number of ether oxygens (including phenoxy) is 4. The molecule has 0 heterocycles. The van der Waals surface area contributed by atoms with E-state index in [1.165, 1.54) is 9.80 Å². The Morgan fingerprint density at radius 2 is 0.865 bits per heavy atom. The average Bonchev–Trinajstić information content (AvgIpc) is 3.13. The van der Waals surface area contributed by atoms with Crippen LogP contribution in [0.5, 0.6) is 23.0 Å². The van der Waals surface area contributed by atoms with Gasteiger partial charge in [-0.15, -0.1) is 0 Å². The zero-order valence-corrected chi connectivity index (χ0v) is 30.1. The van der Waals surface area contributed by atoms with E-state index in [4.69, 9.17) is 18.9 Å². The molecule has 2 amide bonds. The molecule has 0 aliphatic heterocycles. The van der Waals surface area contributed by atoms with E-state index in [-0.39, 0.29) is 25.2 Å². The third kappa shape index (κ3) is 9.99. The molecule has 4 atom stereocenters. The molecule has 0 spiro atoms. The molecule has 272 valence electrons. The normalized spacial score (nSPS) is 16.0. The van der Waals surface area contributed by atoms with Crippen LogP contribution in [0.2, 0.25) is 0 Å². The number of esters is 2. The van der Waals surface area contributed by atoms with Crippen molar-refractivity contribution in [3.8, 4) is 23.0 Å². The molecule has 0 radical (unpaired) electrons. The second-order valence-corrected chi connectivity index (χ2v) is 13.1. The molecule has 0 N–H and O–H groups in total. The van der Waals surface area contributed by atoms with E-state index >= 15 is 0 Å². The Balaban J connectivity index is 1.15. The van der Waals surface area contributed by atoms with Crippen LogP contribution >= 0.6 is 0 Å². The van der Waals surface area contributed by atoms with E-state index in [0.717, 1.165) is 11.1 Å². The first-order valence-corrected chi connectivity index (χ1v) is 17.8. The van der Waals surface area contributed by atoms with E-state index in [9.17, 15) is 19.2 Å². The van der Waals surface area contributed by atoms with Crippen LogP contribution in [-0.2, 0) is 32.2 Å². The second-order valence-electron chi connectivity index (χ2n) is 13.1. The first-order valence-electron chi connectivity index (χ1n) is 17.8. The van der Waals surface area contributed by atoms with E-state index in [1.807, 2.05) is 137 Å². The minimum absolute atomic E-state index is 0.214. The maximum Gasteiger partial charge on any atom is 0.418 e. The molecule has 10 heteroatoms. The maximum atomic E-state index is 13.3. The molecule has 10 nitrogen and oxygen atoms in total. The van der Waals surface area contributed by atoms with Crippen LogP contribution in [0.4, 0.5) is 9.59 Å². The molecule has 1 aliphatic rings. The number of hydrogen-bond donors (Lipinski definition) is 0. The Bertz CT molecular complexity index is 1650. The highest BCUT2D eigenvalue weighted by molar-refractivity contribution is 5.93. The summed E-state index contributed by atoms with van der Waals surface area (Å²) >= 11 is 0. The molecule has 4 aromatic carbocycles.